The van der Waals surface area contributed by atoms with Crippen LogP contribution in [0.25, 0.3) is 11.0 Å². The van der Waals surface area contributed by atoms with Crippen LogP contribution in [0.3, 0.4) is 0 Å². The van der Waals surface area contributed by atoms with Crippen molar-refractivity contribution in [1.82, 2.24) is 14.8 Å². The molecule has 0 saturated carbocycles. The standard InChI is InChI=1S/C23H23N5O3/c1-13(2)18-12-17(20-14(3)27-28(4)21(20)26-18)22(29)24-15-7-9-16(10-8-15)25-23(30)19-6-5-11-31-19/h5-13H,1-4H3,(H,24,29)(H,25,30). The third-order valence-corrected chi connectivity index (χ3v) is 4.97. The molecule has 0 atom stereocenters. The molecule has 0 aliphatic carbocycles. The Kier molecular flexibility index (Phi) is 5.29. The first-order valence-electron chi connectivity index (χ1n) is 9.94. The maximum atomic E-state index is 13.1. The number of pyridine rings is 1. The van der Waals surface area contributed by atoms with E-state index in [2.05, 4.69) is 20.7 Å². The number of amides is 2. The van der Waals surface area contributed by atoms with Gasteiger partial charge in [0.1, 0.15) is 0 Å². The predicted molar refractivity (Wildman–Crippen MR) is 118 cm³/mol. The van der Waals surface area contributed by atoms with Crippen LogP contribution in [0, 0.1) is 6.92 Å². The van der Waals surface area contributed by atoms with Crippen molar-refractivity contribution in [2.45, 2.75) is 26.7 Å². The van der Waals surface area contributed by atoms with Gasteiger partial charge in [-0.25, -0.2) is 4.98 Å². The maximum absolute atomic E-state index is 13.1. The van der Waals surface area contributed by atoms with Crippen molar-refractivity contribution in [3.8, 4) is 0 Å². The van der Waals surface area contributed by atoms with E-state index in [4.69, 9.17) is 4.42 Å². The largest absolute Gasteiger partial charge is 0.459 e. The van der Waals surface area contributed by atoms with E-state index in [1.165, 1.54) is 6.26 Å². The first-order valence-corrected chi connectivity index (χ1v) is 9.94. The molecular formula is C23H23N5O3. The fourth-order valence-corrected chi connectivity index (χ4v) is 3.37. The fraction of sp³-hybridized carbons (Fsp3) is 0.217. The van der Waals surface area contributed by atoms with E-state index < -0.39 is 0 Å². The molecule has 1 aromatic carbocycles. The molecule has 0 radical (unpaired) electrons. The summed E-state index contributed by atoms with van der Waals surface area (Å²) >= 11 is 0. The summed E-state index contributed by atoms with van der Waals surface area (Å²) in [5.41, 5.74) is 4.01. The molecule has 8 heteroatoms. The van der Waals surface area contributed by atoms with Crippen molar-refractivity contribution in [3.63, 3.8) is 0 Å². The average Bonchev–Trinajstić information content (AvgIpc) is 3.37. The summed E-state index contributed by atoms with van der Waals surface area (Å²) < 4.78 is 6.78. The number of benzene rings is 1. The normalized spacial score (nSPS) is 11.1. The first-order chi connectivity index (χ1) is 14.8. The Hall–Kier alpha value is -3.94. The van der Waals surface area contributed by atoms with Gasteiger partial charge in [-0.3, -0.25) is 14.3 Å². The highest BCUT2D eigenvalue weighted by atomic mass is 16.3. The van der Waals surface area contributed by atoms with E-state index in [1.807, 2.05) is 33.9 Å². The van der Waals surface area contributed by atoms with Gasteiger partial charge >= 0.3 is 0 Å². The van der Waals surface area contributed by atoms with Gasteiger partial charge in [-0.1, -0.05) is 13.8 Å². The van der Waals surface area contributed by atoms with Crippen LogP contribution >= 0.6 is 0 Å². The quantitative estimate of drug-likeness (QED) is 0.498. The summed E-state index contributed by atoms with van der Waals surface area (Å²) in [5, 5.41) is 10.8. The van der Waals surface area contributed by atoms with Crippen LogP contribution in [0.1, 0.15) is 52.1 Å². The summed E-state index contributed by atoms with van der Waals surface area (Å²) in [7, 11) is 1.82. The highest BCUT2D eigenvalue weighted by Crippen LogP contribution is 2.26. The number of fused-ring (bicyclic) bond motifs is 1. The molecule has 2 N–H and O–H groups in total. The van der Waals surface area contributed by atoms with Crippen molar-refractivity contribution >= 4 is 34.2 Å². The van der Waals surface area contributed by atoms with Gasteiger partial charge in [0.2, 0.25) is 0 Å². The zero-order valence-corrected chi connectivity index (χ0v) is 17.8. The lowest BCUT2D eigenvalue weighted by atomic mass is 10.0. The molecule has 2 amide bonds. The number of hydrogen-bond acceptors (Lipinski definition) is 5. The molecule has 0 aliphatic rings. The van der Waals surface area contributed by atoms with E-state index in [1.54, 1.807) is 41.1 Å². The minimum Gasteiger partial charge on any atom is -0.459 e. The second-order valence-corrected chi connectivity index (χ2v) is 7.62. The Balaban J connectivity index is 1.57. The number of carbonyl (C=O) groups excluding carboxylic acids is 2. The lowest BCUT2D eigenvalue weighted by molar-refractivity contribution is 0.0994. The van der Waals surface area contributed by atoms with E-state index in [0.29, 0.717) is 22.6 Å². The summed E-state index contributed by atoms with van der Waals surface area (Å²) in [4.78, 5) is 29.9. The highest BCUT2D eigenvalue weighted by molar-refractivity contribution is 6.12. The molecule has 0 unspecified atom stereocenters. The van der Waals surface area contributed by atoms with Crippen LogP contribution in [0.2, 0.25) is 0 Å². The van der Waals surface area contributed by atoms with Crippen molar-refractivity contribution in [1.29, 1.82) is 0 Å². The van der Waals surface area contributed by atoms with Crippen LogP contribution in [0.15, 0.2) is 53.1 Å². The Morgan fingerprint density at radius 2 is 1.68 bits per heavy atom. The van der Waals surface area contributed by atoms with E-state index in [9.17, 15) is 9.59 Å². The molecule has 8 nitrogen and oxygen atoms in total. The third-order valence-electron chi connectivity index (χ3n) is 4.97. The van der Waals surface area contributed by atoms with Crippen LogP contribution in [0.5, 0.6) is 0 Å². The lowest BCUT2D eigenvalue weighted by Crippen LogP contribution is -2.14. The number of aromatic nitrogens is 3. The van der Waals surface area contributed by atoms with Crippen LogP contribution < -0.4 is 10.6 Å². The molecular weight excluding hydrogens is 394 g/mol. The molecule has 31 heavy (non-hydrogen) atoms. The molecule has 3 heterocycles. The van der Waals surface area contributed by atoms with Gasteiger partial charge in [0.05, 0.1) is 22.9 Å². The van der Waals surface area contributed by atoms with Crippen LogP contribution in [-0.4, -0.2) is 26.6 Å². The number of furan rings is 1. The minimum absolute atomic E-state index is 0.170. The summed E-state index contributed by atoms with van der Waals surface area (Å²) in [6.45, 7) is 5.94. The van der Waals surface area contributed by atoms with Crippen LogP contribution in [0.4, 0.5) is 11.4 Å². The van der Waals surface area contributed by atoms with Gasteiger partial charge in [0.25, 0.3) is 11.8 Å². The second-order valence-electron chi connectivity index (χ2n) is 7.62. The minimum atomic E-state index is -0.339. The van der Waals surface area contributed by atoms with Gasteiger partial charge < -0.3 is 15.1 Å². The van der Waals surface area contributed by atoms with Crippen molar-refractivity contribution in [2.75, 3.05) is 10.6 Å². The summed E-state index contributed by atoms with van der Waals surface area (Å²) in [5.74, 6) is -0.179. The van der Waals surface area contributed by atoms with E-state index in [0.717, 1.165) is 16.8 Å². The fourth-order valence-electron chi connectivity index (χ4n) is 3.37. The SMILES string of the molecule is Cc1nn(C)c2nc(C(C)C)cc(C(=O)Nc3ccc(NC(=O)c4ccco4)cc3)c12. The van der Waals surface area contributed by atoms with Crippen molar-refractivity contribution in [3.05, 3.63) is 71.4 Å². The van der Waals surface area contributed by atoms with Gasteiger partial charge in [-0.2, -0.15) is 5.10 Å². The topological polar surface area (TPSA) is 102 Å². The van der Waals surface area contributed by atoms with Crippen molar-refractivity contribution in [2.24, 2.45) is 7.05 Å². The van der Waals surface area contributed by atoms with Gasteiger partial charge in [-0.05, 0) is 55.3 Å². The Labute approximate surface area is 179 Å². The average molecular weight is 417 g/mol. The lowest BCUT2D eigenvalue weighted by Gasteiger charge is -2.11. The smallest absolute Gasteiger partial charge is 0.291 e. The molecule has 3 aromatic heterocycles. The monoisotopic (exact) mass is 417 g/mol. The number of aryl methyl sites for hydroxylation is 2. The first kappa shape index (κ1) is 20.3. The molecule has 0 saturated heterocycles. The molecule has 0 aliphatic heterocycles. The summed E-state index contributed by atoms with van der Waals surface area (Å²) in [6.07, 6.45) is 1.44. The number of nitrogens with one attached hydrogen (secondary N) is 2. The Bertz CT molecular complexity index is 1250. The van der Waals surface area contributed by atoms with Gasteiger partial charge in [-0.15, -0.1) is 0 Å². The molecule has 158 valence electrons. The van der Waals surface area contributed by atoms with E-state index >= 15 is 0 Å². The maximum Gasteiger partial charge on any atom is 0.291 e. The zero-order chi connectivity index (χ0) is 22.1. The van der Waals surface area contributed by atoms with Crippen LogP contribution in [-0.2, 0) is 7.05 Å². The highest BCUT2D eigenvalue weighted by Gasteiger charge is 2.20. The molecule has 0 bridgehead atoms. The molecule has 0 spiro atoms. The summed E-state index contributed by atoms with van der Waals surface area (Å²) in [6, 6.07) is 12.0. The zero-order valence-electron chi connectivity index (χ0n) is 17.8. The number of anilines is 2. The Morgan fingerprint density at radius 1 is 1.03 bits per heavy atom. The molecule has 4 rings (SSSR count). The predicted octanol–water partition coefficient (Wildman–Crippen LogP) is 4.50. The van der Waals surface area contributed by atoms with E-state index in [-0.39, 0.29) is 23.5 Å². The molecule has 0 fully saturated rings. The number of carbonyl (C=O) groups is 2. The Morgan fingerprint density at radius 3 is 2.26 bits per heavy atom. The second kappa shape index (κ2) is 8.06. The third kappa shape index (κ3) is 4.05. The van der Waals surface area contributed by atoms with Crippen molar-refractivity contribution < 1.29 is 14.0 Å². The number of hydrogen-bond donors (Lipinski definition) is 2. The number of nitrogens with zero attached hydrogens (tertiary/aromatic N) is 3. The number of rotatable bonds is 5. The molecule has 4 aromatic rings. The van der Waals surface area contributed by atoms with Gasteiger partial charge in [0.15, 0.2) is 11.4 Å². The van der Waals surface area contributed by atoms with Gasteiger partial charge in [0, 0.05) is 24.1 Å².